The van der Waals surface area contributed by atoms with Crippen LogP contribution in [0.15, 0.2) is 66.7 Å². The molecule has 4 heteroatoms. The number of hydrogen-bond donors (Lipinski definition) is 1. The summed E-state index contributed by atoms with van der Waals surface area (Å²) in [6.07, 6.45) is 0. The number of rotatable bonds is 6. The van der Waals surface area contributed by atoms with Crippen LogP contribution >= 0.6 is 11.6 Å². The van der Waals surface area contributed by atoms with Crippen LogP contribution in [0, 0.1) is 12.7 Å². The first kappa shape index (κ1) is 17.3. The standard InChI is InChI=1S/C21H19ClFNO/c1-15-6-10-19(11-7-15)24-13-16-4-2-3-5-21(16)25-14-17-8-9-18(23)12-20(17)22/h2-12,24H,13-14H2,1H3. The number of nitrogens with one attached hydrogen (secondary N) is 1. The molecular weight excluding hydrogens is 337 g/mol. The average molecular weight is 356 g/mol. The highest BCUT2D eigenvalue weighted by molar-refractivity contribution is 6.31. The lowest BCUT2D eigenvalue weighted by atomic mass is 10.1. The van der Waals surface area contributed by atoms with Crippen LogP contribution in [0.3, 0.4) is 0 Å². The van der Waals surface area contributed by atoms with Gasteiger partial charge >= 0.3 is 0 Å². The van der Waals surface area contributed by atoms with Gasteiger partial charge in [-0.25, -0.2) is 4.39 Å². The first-order valence-electron chi connectivity index (χ1n) is 8.07. The fraction of sp³-hybridized carbons (Fsp3) is 0.143. The molecule has 0 heterocycles. The second kappa shape index (κ2) is 8.04. The van der Waals surface area contributed by atoms with Gasteiger partial charge < -0.3 is 10.1 Å². The zero-order chi connectivity index (χ0) is 17.6. The van der Waals surface area contributed by atoms with Gasteiger partial charge in [-0.3, -0.25) is 0 Å². The first-order valence-corrected chi connectivity index (χ1v) is 8.45. The van der Waals surface area contributed by atoms with E-state index >= 15 is 0 Å². The van der Waals surface area contributed by atoms with E-state index in [4.69, 9.17) is 16.3 Å². The third-order valence-electron chi connectivity index (χ3n) is 3.91. The van der Waals surface area contributed by atoms with E-state index in [1.165, 1.54) is 17.7 Å². The Labute approximate surface area is 152 Å². The number of halogens is 2. The summed E-state index contributed by atoms with van der Waals surface area (Å²) in [6.45, 7) is 3.00. The smallest absolute Gasteiger partial charge is 0.124 e. The van der Waals surface area contributed by atoms with Crippen LogP contribution in [0.4, 0.5) is 10.1 Å². The van der Waals surface area contributed by atoms with Crippen molar-refractivity contribution in [3.05, 3.63) is 94.3 Å². The molecule has 1 N–H and O–H groups in total. The molecule has 0 aliphatic rings. The van der Waals surface area contributed by atoms with Crippen molar-refractivity contribution in [2.45, 2.75) is 20.1 Å². The predicted octanol–water partition coefficient (Wildman–Crippen LogP) is 5.98. The van der Waals surface area contributed by atoms with Crippen LogP contribution < -0.4 is 10.1 Å². The second-order valence-corrected chi connectivity index (χ2v) is 6.26. The summed E-state index contributed by atoms with van der Waals surface area (Å²) in [5.74, 6) is 0.430. The number of ether oxygens (including phenoxy) is 1. The van der Waals surface area contributed by atoms with Gasteiger partial charge in [-0.2, -0.15) is 0 Å². The van der Waals surface area contributed by atoms with Crippen LogP contribution in [-0.4, -0.2) is 0 Å². The fourth-order valence-corrected chi connectivity index (χ4v) is 2.68. The summed E-state index contributed by atoms with van der Waals surface area (Å²) < 4.78 is 19.0. The van der Waals surface area contributed by atoms with E-state index in [1.807, 2.05) is 24.3 Å². The molecule has 0 saturated carbocycles. The predicted molar refractivity (Wildman–Crippen MR) is 101 cm³/mol. The number of benzene rings is 3. The van der Waals surface area contributed by atoms with Crippen molar-refractivity contribution < 1.29 is 9.13 Å². The van der Waals surface area contributed by atoms with Gasteiger partial charge in [0.25, 0.3) is 0 Å². The molecule has 3 rings (SSSR count). The molecule has 0 radical (unpaired) electrons. The summed E-state index contributed by atoms with van der Waals surface area (Å²) in [5.41, 5.74) is 4.08. The van der Waals surface area contributed by atoms with E-state index in [-0.39, 0.29) is 5.82 Å². The monoisotopic (exact) mass is 355 g/mol. The van der Waals surface area contributed by atoms with E-state index in [0.717, 1.165) is 22.6 Å². The molecule has 2 nitrogen and oxygen atoms in total. The minimum atomic E-state index is -0.351. The molecule has 0 aromatic heterocycles. The van der Waals surface area contributed by atoms with E-state index in [0.29, 0.717) is 18.2 Å². The molecule has 0 amide bonds. The highest BCUT2D eigenvalue weighted by Gasteiger charge is 2.06. The Kier molecular flexibility index (Phi) is 5.56. The summed E-state index contributed by atoms with van der Waals surface area (Å²) >= 11 is 6.06. The maximum absolute atomic E-state index is 13.1. The van der Waals surface area contributed by atoms with Crippen molar-refractivity contribution in [2.75, 3.05) is 5.32 Å². The second-order valence-electron chi connectivity index (χ2n) is 5.85. The normalized spacial score (nSPS) is 10.5. The molecule has 3 aromatic rings. The van der Waals surface area contributed by atoms with Crippen molar-refractivity contribution in [1.82, 2.24) is 0 Å². The number of hydrogen-bond acceptors (Lipinski definition) is 2. The number of anilines is 1. The van der Waals surface area contributed by atoms with Crippen LogP contribution in [0.5, 0.6) is 5.75 Å². The van der Waals surface area contributed by atoms with Crippen molar-refractivity contribution >= 4 is 17.3 Å². The lowest BCUT2D eigenvalue weighted by molar-refractivity contribution is 0.303. The van der Waals surface area contributed by atoms with Crippen molar-refractivity contribution in [1.29, 1.82) is 0 Å². The van der Waals surface area contributed by atoms with Gasteiger partial charge in [0, 0.05) is 23.4 Å². The summed E-state index contributed by atoms with van der Waals surface area (Å²) in [6, 6.07) is 20.4. The van der Waals surface area contributed by atoms with E-state index in [9.17, 15) is 4.39 Å². The zero-order valence-corrected chi connectivity index (χ0v) is 14.7. The summed E-state index contributed by atoms with van der Waals surface area (Å²) in [7, 11) is 0. The van der Waals surface area contributed by atoms with Crippen molar-refractivity contribution in [2.24, 2.45) is 0 Å². The molecule has 25 heavy (non-hydrogen) atoms. The fourth-order valence-electron chi connectivity index (χ4n) is 2.45. The van der Waals surface area contributed by atoms with Crippen LogP contribution in [0.1, 0.15) is 16.7 Å². The van der Waals surface area contributed by atoms with Gasteiger partial charge in [-0.1, -0.05) is 53.6 Å². The van der Waals surface area contributed by atoms with Gasteiger partial charge in [0.15, 0.2) is 0 Å². The topological polar surface area (TPSA) is 21.3 Å². The maximum atomic E-state index is 13.1. The van der Waals surface area contributed by atoms with Crippen molar-refractivity contribution in [3.63, 3.8) is 0 Å². The highest BCUT2D eigenvalue weighted by Crippen LogP contribution is 2.23. The molecule has 3 aromatic carbocycles. The Hall–Kier alpha value is -2.52. The molecule has 0 unspecified atom stereocenters. The van der Waals surface area contributed by atoms with Crippen molar-refractivity contribution in [3.8, 4) is 5.75 Å². The van der Waals surface area contributed by atoms with Gasteiger partial charge in [0.05, 0.1) is 5.02 Å². The summed E-state index contributed by atoms with van der Waals surface area (Å²) in [5, 5.41) is 3.76. The Morgan fingerprint density at radius 1 is 0.960 bits per heavy atom. The van der Waals surface area contributed by atoms with Crippen LogP contribution in [0.25, 0.3) is 0 Å². The number of para-hydroxylation sites is 1. The van der Waals surface area contributed by atoms with Gasteiger partial charge in [0.1, 0.15) is 18.2 Å². The lowest BCUT2D eigenvalue weighted by Crippen LogP contribution is -2.04. The highest BCUT2D eigenvalue weighted by atomic mass is 35.5. The molecule has 0 fully saturated rings. The largest absolute Gasteiger partial charge is 0.488 e. The Morgan fingerprint density at radius 3 is 2.48 bits per heavy atom. The minimum absolute atomic E-state index is 0.292. The third-order valence-corrected chi connectivity index (χ3v) is 4.26. The van der Waals surface area contributed by atoms with E-state index < -0.39 is 0 Å². The Bertz CT molecular complexity index is 849. The zero-order valence-electron chi connectivity index (χ0n) is 13.9. The molecule has 0 aliphatic heterocycles. The molecular formula is C21H19ClFNO. The van der Waals surface area contributed by atoms with E-state index in [2.05, 4.69) is 36.5 Å². The molecule has 0 spiro atoms. The van der Waals surface area contributed by atoms with Gasteiger partial charge in [-0.15, -0.1) is 0 Å². The molecule has 128 valence electrons. The maximum Gasteiger partial charge on any atom is 0.124 e. The van der Waals surface area contributed by atoms with Crippen LogP contribution in [-0.2, 0) is 13.2 Å². The van der Waals surface area contributed by atoms with Gasteiger partial charge in [-0.05, 0) is 37.3 Å². The average Bonchev–Trinajstić information content (AvgIpc) is 2.61. The van der Waals surface area contributed by atoms with Gasteiger partial charge in [0.2, 0.25) is 0 Å². The minimum Gasteiger partial charge on any atom is -0.488 e. The summed E-state index contributed by atoms with van der Waals surface area (Å²) in [4.78, 5) is 0. The Morgan fingerprint density at radius 2 is 1.72 bits per heavy atom. The van der Waals surface area contributed by atoms with Crippen LogP contribution in [0.2, 0.25) is 5.02 Å². The quantitative estimate of drug-likeness (QED) is 0.587. The number of aryl methyl sites for hydroxylation is 1. The molecule has 0 bridgehead atoms. The molecule has 0 atom stereocenters. The third kappa shape index (κ3) is 4.74. The molecule has 0 aliphatic carbocycles. The first-order chi connectivity index (χ1) is 12.1. The SMILES string of the molecule is Cc1ccc(NCc2ccccc2OCc2ccc(F)cc2Cl)cc1. The molecule has 0 saturated heterocycles. The lowest BCUT2D eigenvalue weighted by Gasteiger charge is -2.13. The van der Waals surface area contributed by atoms with E-state index in [1.54, 1.807) is 6.07 Å². The Balaban J connectivity index is 1.67.